The number of hydrogen-bond donors (Lipinski definition) is 1. The van der Waals surface area contributed by atoms with Crippen LogP contribution < -0.4 is 5.32 Å². The number of hydrogen-bond acceptors (Lipinski definition) is 4. The summed E-state index contributed by atoms with van der Waals surface area (Å²) in [5.41, 5.74) is 1.83. The Morgan fingerprint density at radius 3 is 2.38 bits per heavy atom. The maximum absolute atomic E-state index is 13.1. The van der Waals surface area contributed by atoms with E-state index < -0.39 is 10.0 Å². The van der Waals surface area contributed by atoms with E-state index in [0.29, 0.717) is 37.0 Å². The van der Waals surface area contributed by atoms with Gasteiger partial charge in [0.2, 0.25) is 15.9 Å². The lowest BCUT2D eigenvalue weighted by Crippen LogP contribution is -2.56. The molecule has 6 nitrogen and oxygen atoms in total. The van der Waals surface area contributed by atoms with Gasteiger partial charge in [-0.3, -0.25) is 9.69 Å². The molecule has 1 aliphatic carbocycles. The molecule has 29 heavy (non-hydrogen) atoms. The third-order valence-corrected chi connectivity index (χ3v) is 8.65. The van der Waals surface area contributed by atoms with Crippen molar-refractivity contribution in [2.45, 2.75) is 70.4 Å². The minimum atomic E-state index is -3.50. The molecule has 7 heteroatoms. The Labute approximate surface area is 175 Å². The number of piperazine rings is 1. The smallest absolute Gasteiger partial charge is 0.243 e. The van der Waals surface area contributed by atoms with Crippen molar-refractivity contribution in [3.8, 4) is 0 Å². The van der Waals surface area contributed by atoms with E-state index in [1.165, 1.54) is 19.3 Å². The number of amides is 1. The number of rotatable bonds is 5. The van der Waals surface area contributed by atoms with Gasteiger partial charge in [-0.15, -0.1) is 0 Å². The van der Waals surface area contributed by atoms with Crippen LogP contribution in [0, 0.1) is 19.8 Å². The number of nitrogens with zero attached hydrogens (tertiary/aromatic N) is 2. The van der Waals surface area contributed by atoms with Gasteiger partial charge in [-0.25, -0.2) is 8.42 Å². The van der Waals surface area contributed by atoms with Gasteiger partial charge in [0.1, 0.15) is 0 Å². The number of carbonyl (C=O) groups is 1. The Balaban J connectivity index is 1.58. The van der Waals surface area contributed by atoms with Gasteiger partial charge in [0.15, 0.2) is 0 Å². The molecule has 1 N–H and O–H groups in total. The second kappa shape index (κ2) is 9.14. The summed E-state index contributed by atoms with van der Waals surface area (Å²) < 4.78 is 27.7. The number of aryl methyl sites for hydroxylation is 2. The van der Waals surface area contributed by atoms with Gasteiger partial charge in [-0.2, -0.15) is 4.31 Å². The molecule has 0 spiro atoms. The van der Waals surface area contributed by atoms with E-state index >= 15 is 0 Å². The molecule has 1 saturated carbocycles. The summed E-state index contributed by atoms with van der Waals surface area (Å²) in [4.78, 5) is 15.2. The molecule has 1 heterocycles. The normalized spacial score (nSPS) is 25.5. The molecule has 0 unspecified atom stereocenters. The molecule has 0 radical (unpaired) electrons. The molecule has 1 saturated heterocycles. The van der Waals surface area contributed by atoms with Crippen LogP contribution in [0.4, 0.5) is 0 Å². The van der Waals surface area contributed by atoms with Gasteiger partial charge in [0, 0.05) is 32.2 Å². The van der Waals surface area contributed by atoms with Crippen LogP contribution in [0.5, 0.6) is 0 Å². The van der Waals surface area contributed by atoms with Crippen molar-refractivity contribution in [3.63, 3.8) is 0 Å². The summed E-state index contributed by atoms with van der Waals surface area (Å²) in [7, 11) is -3.50. The Morgan fingerprint density at radius 1 is 1.10 bits per heavy atom. The fraction of sp³-hybridized carbons (Fsp3) is 0.682. The largest absolute Gasteiger partial charge is 0.352 e. The van der Waals surface area contributed by atoms with Crippen LogP contribution in [-0.4, -0.2) is 61.8 Å². The van der Waals surface area contributed by atoms with Crippen molar-refractivity contribution in [3.05, 3.63) is 29.3 Å². The van der Waals surface area contributed by atoms with Crippen molar-refractivity contribution < 1.29 is 13.2 Å². The topological polar surface area (TPSA) is 69.7 Å². The third-order valence-electron chi connectivity index (χ3n) is 6.59. The first-order valence-electron chi connectivity index (χ1n) is 10.8. The van der Waals surface area contributed by atoms with Gasteiger partial charge < -0.3 is 5.32 Å². The minimum absolute atomic E-state index is 0.0643. The first-order chi connectivity index (χ1) is 13.7. The van der Waals surface area contributed by atoms with E-state index in [0.717, 1.165) is 17.5 Å². The number of carbonyl (C=O) groups excluding carboxylic acids is 1. The van der Waals surface area contributed by atoms with E-state index in [1.807, 2.05) is 32.9 Å². The molecule has 1 aromatic carbocycles. The quantitative estimate of drug-likeness (QED) is 0.794. The first kappa shape index (κ1) is 22.2. The molecule has 2 aliphatic rings. The number of sulfonamides is 1. The highest BCUT2D eigenvalue weighted by molar-refractivity contribution is 7.89. The summed E-state index contributed by atoms with van der Waals surface area (Å²) in [6.45, 7) is 9.90. The average Bonchev–Trinajstić information content (AvgIpc) is 2.69. The summed E-state index contributed by atoms with van der Waals surface area (Å²) in [6.07, 6.45) is 4.66. The molecule has 2 fully saturated rings. The van der Waals surface area contributed by atoms with Crippen LogP contribution in [0.3, 0.4) is 0 Å². The van der Waals surface area contributed by atoms with Crippen LogP contribution in [0.1, 0.15) is 50.7 Å². The second-order valence-electron chi connectivity index (χ2n) is 8.76. The van der Waals surface area contributed by atoms with Gasteiger partial charge >= 0.3 is 0 Å². The van der Waals surface area contributed by atoms with Crippen molar-refractivity contribution in [2.24, 2.45) is 5.92 Å². The third kappa shape index (κ3) is 5.01. The monoisotopic (exact) mass is 421 g/mol. The Morgan fingerprint density at radius 2 is 1.76 bits per heavy atom. The van der Waals surface area contributed by atoms with E-state index in [9.17, 15) is 13.2 Å². The molecule has 1 amide bonds. The van der Waals surface area contributed by atoms with Crippen LogP contribution in [0.25, 0.3) is 0 Å². The van der Waals surface area contributed by atoms with Crippen molar-refractivity contribution in [1.82, 2.24) is 14.5 Å². The lowest BCUT2D eigenvalue weighted by atomic mass is 9.86. The molecule has 3 rings (SSSR count). The molecule has 0 bridgehead atoms. The highest BCUT2D eigenvalue weighted by Gasteiger charge is 2.33. The molecule has 3 atom stereocenters. The molecule has 0 aromatic heterocycles. The lowest BCUT2D eigenvalue weighted by molar-refractivity contribution is -0.127. The van der Waals surface area contributed by atoms with Gasteiger partial charge in [0.05, 0.1) is 10.9 Å². The highest BCUT2D eigenvalue weighted by Crippen LogP contribution is 2.25. The molecule has 1 aliphatic heterocycles. The Kier molecular flexibility index (Phi) is 7.02. The van der Waals surface area contributed by atoms with Crippen LogP contribution in [0.2, 0.25) is 0 Å². The van der Waals surface area contributed by atoms with Crippen LogP contribution >= 0.6 is 0 Å². The fourth-order valence-corrected chi connectivity index (χ4v) is 6.19. The van der Waals surface area contributed by atoms with Gasteiger partial charge in [-0.1, -0.05) is 37.5 Å². The summed E-state index contributed by atoms with van der Waals surface area (Å²) in [6, 6.07) is 5.48. The highest BCUT2D eigenvalue weighted by atomic mass is 32.2. The van der Waals surface area contributed by atoms with E-state index in [1.54, 1.807) is 10.4 Å². The van der Waals surface area contributed by atoms with Crippen molar-refractivity contribution >= 4 is 15.9 Å². The SMILES string of the molecule is Cc1ccc(S(=O)(=O)N2CCN([C@H](C)C(=O)N[C@@H]3CCCC[C@@H]3C)CC2)c(C)c1. The van der Waals surface area contributed by atoms with Gasteiger partial charge in [-0.05, 0) is 51.2 Å². The fourth-order valence-electron chi connectivity index (χ4n) is 4.56. The van der Waals surface area contributed by atoms with Crippen LogP contribution in [0.15, 0.2) is 23.1 Å². The predicted octanol–water partition coefficient (Wildman–Crippen LogP) is 2.69. The summed E-state index contributed by atoms with van der Waals surface area (Å²) in [5.74, 6) is 0.592. The molecular formula is C22H35N3O3S. The summed E-state index contributed by atoms with van der Waals surface area (Å²) in [5, 5.41) is 3.23. The first-order valence-corrected chi connectivity index (χ1v) is 12.3. The van der Waals surface area contributed by atoms with Crippen LogP contribution in [-0.2, 0) is 14.8 Å². The van der Waals surface area contributed by atoms with Crippen molar-refractivity contribution in [2.75, 3.05) is 26.2 Å². The maximum Gasteiger partial charge on any atom is 0.243 e. The van der Waals surface area contributed by atoms with Crippen molar-refractivity contribution in [1.29, 1.82) is 0 Å². The number of benzene rings is 1. The molecular weight excluding hydrogens is 386 g/mol. The maximum atomic E-state index is 13.1. The molecule has 1 aromatic rings. The number of nitrogens with one attached hydrogen (secondary N) is 1. The minimum Gasteiger partial charge on any atom is -0.352 e. The Bertz CT molecular complexity index is 832. The van der Waals surface area contributed by atoms with E-state index in [2.05, 4.69) is 17.1 Å². The van der Waals surface area contributed by atoms with Gasteiger partial charge in [0.25, 0.3) is 0 Å². The lowest BCUT2D eigenvalue weighted by Gasteiger charge is -2.38. The zero-order valence-electron chi connectivity index (χ0n) is 18.1. The van der Waals surface area contributed by atoms with E-state index in [-0.39, 0.29) is 18.0 Å². The average molecular weight is 422 g/mol. The zero-order chi connectivity index (χ0) is 21.2. The molecule has 162 valence electrons. The summed E-state index contributed by atoms with van der Waals surface area (Å²) >= 11 is 0. The predicted molar refractivity (Wildman–Crippen MR) is 115 cm³/mol. The Hall–Kier alpha value is -1.44. The standard InChI is InChI=1S/C22H35N3O3S/c1-16-9-10-21(18(3)15-16)29(27,28)25-13-11-24(12-14-25)19(4)22(26)23-20-8-6-5-7-17(20)2/h9-10,15,17,19-20H,5-8,11-14H2,1-4H3,(H,23,26)/t17-,19+,20+/m0/s1. The van der Waals surface area contributed by atoms with E-state index in [4.69, 9.17) is 0 Å². The zero-order valence-corrected chi connectivity index (χ0v) is 19.0. The second-order valence-corrected chi connectivity index (χ2v) is 10.7.